The van der Waals surface area contributed by atoms with Crippen LogP contribution in [0.4, 0.5) is 0 Å². The number of rotatable bonds is 2. The second-order valence-corrected chi connectivity index (χ2v) is 1.65. The van der Waals surface area contributed by atoms with Gasteiger partial charge < -0.3 is 5.21 Å². The molecule has 0 radical (unpaired) electrons. The second kappa shape index (κ2) is 6.47. The second-order valence-electron chi connectivity index (χ2n) is 1.65. The van der Waals surface area contributed by atoms with Crippen LogP contribution in [-0.2, 0) is 0 Å². The van der Waals surface area contributed by atoms with Crippen molar-refractivity contribution >= 4 is 6.21 Å². The summed E-state index contributed by atoms with van der Waals surface area (Å²) >= 11 is 0. The van der Waals surface area contributed by atoms with Crippen molar-refractivity contribution in [1.29, 1.82) is 0 Å². The molecule has 1 unspecified atom stereocenters. The van der Waals surface area contributed by atoms with Crippen LogP contribution in [-0.4, -0.2) is 11.4 Å². The summed E-state index contributed by atoms with van der Waals surface area (Å²) in [5.74, 6) is 0.407. The molecule has 0 heterocycles. The van der Waals surface area contributed by atoms with Gasteiger partial charge in [0.25, 0.3) is 0 Å². The predicted octanol–water partition coefficient (Wildman–Crippen LogP) is 2.13. The Labute approximate surface area is 51.2 Å². The third kappa shape index (κ3) is 5.47. The summed E-state index contributed by atoms with van der Waals surface area (Å²) in [7, 11) is 0. The standard InChI is InChI=1S/C5H11NO.CH4/c1-3-5(2)4-6-7;/h4-5,7H,3H2,1-2H3;1H4/b6-4+;. The van der Waals surface area contributed by atoms with Crippen molar-refractivity contribution in [3.63, 3.8) is 0 Å². The van der Waals surface area contributed by atoms with Crippen molar-refractivity contribution in [3.8, 4) is 0 Å². The highest BCUT2D eigenvalue weighted by atomic mass is 16.4. The summed E-state index contributed by atoms with van der Waals surface area (Å²) in [4.78, 5) is 0. The average molecular weight is 117 g/mol. The lowest BCUT2D eigenvalue weighted by atomic mass is 10.1. The summed E-state index contributed by atoms with van der Waals surface area (Å²) in [5, 5.41) is 10.8. The molecule has 0 saturated heterocycles. The van der Waals surface area contributed by atoms with E-state index in [-0.39, 0.29) is 7.43 Å². The van der Waals surface area contributed by atoms with Crippen LogP contribution < -0.4 is 0 Å². The minimum Gasteiger partial charge on any atom is -0.411 e. The van der Waals surface area contributed by atoms with Crippen molar-refractivity contribution < 1.29 is 5.21 Å². The first-order valence-electron chi connectivity index (χ1n) is 2.48. The molecule has 2 heteroatoms. The molecular formula is C6H15NO. The Balaban J connectivity index is 0. The van der Waals surface area contributed by atoms with Crippen molar-refractivity contribution in [2.24, 2.45) is 11.1 Å². The van der Waals surface area contributed by atoms with Crippen molar-refractivity contribution in [2.75, 3.05) is 0 Å². The molecule has 0 amide bonds. The third-order valence-electron chi connectivity index (χ3n) is 0.965. The highest BCUT2D eigenvalue weighted by Gasteiger charge is 1.88. The molecule has 8 heavy (non-hydrogen) atoms. The van der Waals surface area contributed by atoms with E-state index in [9.17, 15) is 0 Å². The number of oxime groups is 1. The molecule has 50 valence electrons. The van der Waals surface area contributed by atoms with Crippen molar-refractivity contribution in [1.82, 2.24) is 0 Å². The molecule has 0 bridgehead atoms. The first-order chi connectivity index (χ1) is 3.31. The largest absolute Gasteiger partial charge is 0.411 e. The molecule has 1 N–H and O–H groups in total. The predicted molar refractivity (Wildman–Crippen MR) is 36.5 cm³/mol. The Bertz CT molecular complexity index is 61.5. The molecule has 0 aliphatic carbocycles. The fourth-order valence-corrected chi connectivity index (χ4v) is 0.219. The molecule has 0 aromatic heterocycles. The highest BCUT2D eigenvalue weighted by Crippen LogP contribution is 1.93. The highest BCUT2D eigenvalue weighted by molar-refractivity contribution is 5.58. The van der Waals surface area contributed by atoms with E-state index in [1.165, 1.54) is 6.21 Å². The molecule has 0 fully saturated rings. The Kier molecular flexibility index (Phi) is 8.45. The SMILES string of the molecule is C.CCC(C)/C=N/O. The smallest absolute Gasteiger partial charge is 0.0463 e. The monoisotopic (exact) mass is 117 g/mol. The Morgan fingerprint density at radius 1 is 1.75 bits per heavy atom. The van der Waals surface area contributed by atoms with E-state index in [0.29, 0.717) is 5.92 Å². The summed E-state index contributed by atoms with van der Waals surface area (Å²) in [6, 6.07) is 0. The van der Waals surface area contributed by atoms with Gasteiger partial charge in [0.1, 0.15) is 0 Å². The van der Waals surface area contributed by atoms with Gasteiger partial charge in [-0.15, -0.1) is 5.16 Å². The van der Waals surface area contributed by atoms with Crippen LogP contribution in [0.2, 0.25) is 0 Å². The zero-order chi connectivity index (χ0) is 5.70. The Morgan fingerprint density at radius 2 is 2.25 bits per heavy atom. The minimum absolute atomic E-state index is 0. The van der Waals surface area contributed by atoms with Gasteiger partial charge >= 0.3 is 0 Å². The molecule has 0 aliphatic heterocycles. The molecule has 0 aliphatic rings. The van der Waals surface area contributed by atoms with E-state index >= 15 is 0 Å². The normalized spacial score (nSPS) is 13.2. The quantitative estimate of drug-likeness (QED) is 0.335. The fraction of sp³-hybridized carbons (Fsp3) is 0.833. The molecule has 0 saturated carbocycles. The Hall–Kier alpha value is -0.530. The van der Waals surface area contributed by atoms with E-state index in [4.69, 9.17) is 5.21 Å². The third-order valence-corrected chi connectivity index (χ3v) is 0.965. The maximum Gasteiger partial charge on any atom is 0.0463 e. The van der Waals surface area contributed by atoms with E-state index in [1.807, 2.05) is 13.8 Å². The van der Waals surface area contributed by atoms with E-state index in [2.05, 4.69) is 5.16 Å². The molecule has 0 aromatic carbocycles. The Morgan fingerprint density at radius 3 is 2.38 bits per heavy atom. The van der Waals surface area contributed by atoms with Gasteiger partial charge in [0.2, 0.25) is 0 Å². The fourth-order valence-electron chi connectivity index (χ4n) is 0.219. The maximum atomic E-state index is 7.94. The molecule has 0 aromatic rings. The lowest BCUT2D eigenvalue weighted by molar-refractivity contribution is 0.318. The van der Waals surface area contributed by atoms with Gasteiger partial charge in [0.05, 0.1) is 0 Å². The van der Waals surface area contributed by atoms with Crippen molar-refractivity contribution in [2.45, 2.75) is 27.7 Å². The van der Waals surface area contributed by atoms with Crippen LogP contribution in [0.3, 0.4) is 0 Å². The summed E-state index contributed by atoms with van der Waals surface area (Å²) in [6.45, 7) is 4.05. The lowest BCUT2D eigenvalue weighted by Gasteiger charge is -1.93. The molecule has 0 rings (SSSR count). The average Bonchev–Trinajstić information content (AvgIpc) is 1.68. The van der Waals surface area contributed by atoms with Crippen LogP contribution in [0.25, 0.3) is 0 Å². The zero-order valence-corrected chi connectivity index (χ0v) is 4.76. The first-order valence-corrected chi connectivity index (χ1v) is 2.48. The summed E-state index contributed by atoms with van der Waals surface area (Å²) in [6.07, 6.45) is 2.56. The molecule has 2 nitrogen and oxygen atoms in total. The van der Waals surface area contributed by atoms with Crippen LogP contribution in [0, 0.1) is 5.92 Å². The number of nitrogens with zero attached hydrogens (tertiary/aromatic N) is 1. The van der Waals surface area contributed by atoms with Crippen LogP contribution in [0.1, 0.15) is 27.7 Å². The van der Waals surface area contributed by atoms with Gasteiger partial charge in [-0.05, 0) is 12.3 Å². The zero-order valence-electron chi connectivity index (χ0n) is 4.76. The van der Waals surface area contributed by atoms with Gasteiger partial charge in [0, 0.05) is 6.21 Å². The summed E-state index contributed by atoms with van der Waals surface area (Å²) in [5.41, 5.74) is 0. The van der Waals surface area contributed by atoms with E-state index in [1.54, 1.807) is 0 Å². The van der Waals surface area contributed by atoms with Gasteiger partial charge in [-0.3, -0.25) is 0 Å². The topological polar surface area (TPSA) is 32.6 Å². The lowest BCUT2D eigenvalue weighted by Crippen LogP contribution is -1.90. The number of hydrogen-bond acceptors (Lipinski definition) is 2. The van der Waals surface area contributed by atoms with Gasteiger partial charge in [-0.1, -0.05) is 21.3 Å². The molecular weight excluding hydrogens is 102 g/mol. The van der Waals surface area contributed by atoms with Gasteiger partial charge in [0.15, 0.2) is 0 Å². The number of hydrogen-bond donors (Lipinski definition) is 1. The van der Waals surface area contributed by atoms with Crippen LogP contribution >= 0.6 is 0 Å². The molecule has 0 spiro atoms. The van der Waals surface area contributed by atoms with Crippen LogP contribution in [0.15, 0.2) is 5.16 Å². The van der Waals surface area contributed by atoms with Crippen LogP contribution in [0.5, 0.6) is 0 Å². The van der Waals surface area contributed by atoms with Gasteiger partial charge in [-0.2, -0.15) is 0 Å². The first kappa shape index (κ1) is 10.5. The summed E-state index contributed by atoms with van der Waals surface area (Å²) < 4.78 is 0. The maximum absolute atomic E-state index is 7.94. The van der Waals surface area contributed by atoms with E-state index in [0.717, 1.165) is 6.42 Å². The van der Waals surface area contributed by atoms with Gasteiger partial charge in [-0.25, -0.2) is 0 Å². The van der Waals surface area contributed by atoms with Crippen molar-refractivity contribution in [3.05, 3.63) is 0 Å². The minimum atomic E-state index is 0. The van der Waals surface area contributed by atoms with E-state index < -0.39 is 0 Å². The molecule has 1 atom stereocenters.